The van der Waals surface area contributed by atoms with Gasteiger partial charge in [0.15, 0.2) is 0 Å². The third-order valence-electron chi connectivity index (χ3n) is 2.39. The summed E-state index contributed by atoms with van der Waals surface area (Å²) >= 11 is 6.19. The molecule has 1 aliphatic carbocycles. The van der Waals surface area contributed by atoms with Crippen molar-refractivity contribution in [3.8, 4) is 0 Å². The second-order valence-electron chi connectivity index (χ2n) is 3.28. The fraction of sp³-hybridized carbons (Fsp3) is 0.400. The summed E-state index contributed by atoms with van der Waals surface area (Å²) in [5, 5.41) is 0.242. The third-order valence-corrected chi connectivity index (χ3v) is 3.06. The number of hydrogen-bond acceptors (Lipinski definition) is 0. The maximum absolute atomic E-state index is 6.19. The minimum absolute atomic E-state index is 0.242. The molecule has 0 amide bonds. The molecular weight excluding hydrogens is 156 g/mol. The Balaban J connectivity index is 2.47. The second kappa shape index (κ2) is 2.53. The summed E-state index contributed by atoms with van der Waals surface area (Å²) < 4.78 is 0. The van der Waals surface area contributed by atoms with Crippen LogP contribution in [0.2, 0.25) is 0 Å². The van der Waals surface area contributed by atoms with Crippen molar-refractivity contribution in [2.45, 2.75) is 18.7 Å². The fourth-order valence-electron chi connectivity index (χ4n) is 1.75. The Morgan fingerprint density at radius 2 is 2.09 bits per heavy atom. The summed E-state index contributed by atoms with van der Waals surface area (Å²) in [6, 6.07) is 8.46. The zero-order valence-electron chi connectivity index (χ0n) is 6.55. The Kier molecular flexibility index (Phi) is 1.65. The fourth-order valence-corrected chi connectivity index (χ4v) is 2.05. The Morgan fingerprint density at radius 3 is 2.82 bits per heavy atom. The van der Waals surface area contributed by atoms with Gasteiger partial charge < -0.3 is 0 Å². The highest BCUT2D eigenvalue weighted by molar-refractivity contribution is 6.21. The van der Waals surface area contributed by atoms with Gasteiger partial charge in [-0.25, -0.2) is 0 Å². The van der Waals surface area contributed by atoms with Gasteiger partial charge in [0.25, 0.3) is 0 Å². The molecule has 0 saturated heterocycles. The van der Waals surface area contributed by atoms with Gasteiger partial charge in [0.05, 0.1) is 5.38 Å². The van der Waals surface area contributed by atoms with Gasteiger partial charge in [-0.15, -0.1) is 11.6 Å². The molecule has 1 aromatic rings. The Labute approximate surface area is 72.2 Å². The van der Waals surface area contributed by atoms with Crippen molar-refractivity contribution in [3.63, 3.8) is 0 Å². The number of alkyl halides is 1. The van der Waals surface area contributed by atoms with Crippen LogP contribution in [0.25, 0.3) is 0 Å². The molecular formula is C10H11Cl. The van der Waals surface area contributed by atoms with Crippen LogP contribution in [-0.4, -0.2) is 0 Å². The lowest BCUT2D eigenvalue weighted by molar-refractivity contribution is 0.609. The van der Waals surface area contributed by atoms with Gasteiger partial charge in [0.1, 0.15) is 0 Å². The van der Waals surface area contributed by atoms with Gasteiger partial charge in [-0.2, -0.15) is 0 Å². The lowest BCUT2D eigenvalue weighted by Crippen LogP contribution is -1.94. The van der Waals surface area contributed by atoms with Gasteiger partial charge in [0.2, 0.25) is 0 Å². The van der Waals surface area contributed by atoms with E-state index in [0.29, 0.717) is 5.92 Å². The first-order chi connectivity index (χ1) is 5.29. The average Bonchev–Trinajstić information content (AvgIpc) is 2.30. The van der Waals surface area contributed by atoms with Crippen LogP contribution in [0.4, 0.5) is 0 Å². The lowest BCUT2D eigenvalue weighted by atomic mass is 10.1. The molecule has 0 spiro atoms. The molecule has 2 rings (SSSR count). The summed E-state index contributed by atoms with van der Waals surface area (Å²) in [5.41, 5.74) is 2.77. The lowest BCUT2D eigenvalue weighted by Gasteiger charge is -2.05. The molecule has 0 aliphatic heterocycles. The normalized spacial score (nSPS) is 28.5. The van der Waals surface area contributed by atoms with E-state index in [-0.39, 0.29) is 5.38 Å². The maximum Gasteiger partial charge on any atom is 0.0616 e. The summed E-state index contributed by atoms with van der Waals surface area (Å²) in [6.45, 7) is 2.21. The summed E-state index contributed by atoms with van der Waals surface area (Å²) in [7, 11) is 0. The highest BCUT2D eigenvalue weighted by Gasteiger charge is 2.26. The monoisotopic (exact) mass is 166 g/mol. The molecule has 0 N–H and O–H groups in total. The molecule has 1 aliphatic rings. The van der Waals surface area contributed by atoms with E-state index in [9.17, 15) is 0 Å². The number of halogens is 1. The van der Waals surface area contributed by atoms with Gasteiger partial charge in [-0.1, -0.05) is 31.2 Å². The number of benzene rings is 1. The first-order valence-electron chi connectivity index (χ1n) is 4.01. The summed E-state index contributed by atoms with van der Waals surface area (Å²) in [5.74, 6) is 0.606. The Morgan fingerprint density at radius 1 is 1.36 bits per heavy atom. The van der Waals surface area contributed by atoms with Crippen molar-refractivity contribution in [2.75, 3.05) is 0 Å². The Bertz CT molecular complexity index is 267. The van der Waals surface area contributed by atoms with Crippen LogP contribution in [0.15, 0.2) is 24.3 Å². The molecule has 2 unspecified atom stereocenters. The summed E-state index contributed by atoms with van der Waals surface area (Å²) in [4.78, 5) is 0. The van der Waals surface area contributed by atoms with Crippen LogP contribution in [0.1, 0.15) is 23.4 Å². The van der Waals surface area contributed by atoms with Crippen LogP contribution >= 0.6 is 11.6 Å². The molecule has 0 saturated carbocycles. The molecule has 0 heterocycles. The van der Waals surface area contributed by atoms with Crippen molar-refractivity contribution in [1.29, 1.82) is 0 Å². The Hall–Kier alpha value is -0.490. The van der Waals surface area contributed by atoms with E-state index in [1.165, 1.54) is 11.1 Å². The predicted molar refractivity (Wildman–Crippen MR) is 47.9 cm³/mol. The van der Waals surface area contributed by atoms with Gasteiger partial charge in [-0.05, 0) is 23.5 Å². The van der Waals surface area contributed by atoms with E-state index in [4.69, 9.17) is 11.6 Å². The average molecular weight is 167 g/mol. The minimum Gasteiger partial charge on any atom is -0.118 e. The van der Waals surface area contributed by atoms with Crippen LogP contribution in [0.3, 0.4) is 0 Å². The van der Waals surface area contributed by atoms with E-state index >= 15 is 0 Å². The van der Waals surface area contributed by atoms with E-state index in [1.54, 1.807) is 0 Å². The first-order valence-corrected chi connectivity index (χ1v) is 4.44. The maximum atomic E-state index is 6.19. The van der Waals surface area contributed by atoms with E-state index in [2.05, 4.69) is 31.2 Å². The minimum atomic E-state index is 0.242. The van der Waals surface area contributed by atoms with Crippen LogP contribution < -0.4 is 0 Å². The van der Waals surface area contributed by atoms with Crippen molar-refractivity contribution in [3.05, 3.63) is 35.4 Å². The third kappa shape index (κ3) is 1.06. The van der Waals surface area contributed by atoms with E-state index < -0.39 is 0 Å². The quantitative estimate of drug-likeness (QED) is 0.520. The predicted octanol–water partition coefficient (Wildman–Crippen LogP) is 3.16. The number of fused-ring (bicyclic) bond motifs is 1. The SMILES string of the molecule is CC1Cc2ccccc2C1Cl. The zero-order chi connectivity index (χ0) is 7.84. The molecule has 2 atom stereocenters. The van der Waals surface area contributed by atoms with Crippen molar-refractivity contribution in [2.24, 2.45) is 5.92 Å². The van der Waals surface area contributed by atoms with Crippen LogP contribution in [0.5, 0.6) is 0 Å². The molecule has 0 fully saturated rings. The second-order valence-corrected chi connectivity index (χ2v) is 3.75. The summed E-state index contributed by atoms with van der Waals surface area (Å²) in [6.07, 6.45) is 1.14. The largest absolute Gasteiger partial charge is 0.118 e. The van der Waals surface area contributed by atoms with Crippen LogP contribution in [0, 0.1) is 5.92 Å². The molecule has 1 heteroatoms. The first kappa shape index (κ1) is 7.17. The molecule has 0 radical (unpaired) electrons. The zero-order valence-corrected chi connectivity index (χ0v) is 7.31. The molecule has 0 nitrogen and oxygen atoms in total. The van der Waals surface area contributed by atoms with Gasteiger partial charge in [0, 0.05) is 0 Å². The molecule has 11 heavy (non-hydrogen) atoms. The standard InChI is InChI=1S/C10H11Cl/c1-7-6-8-4-2-3-5-9(8)10(7)11/h2-5,7,10H,6H2,1H3. The van der Waals surface area contributed by atoms with Crippen LogP contribution in [-0.2, 0) is 6.42 Å². The van der Waals surface area contributed by atoms with Crippen molar-refractivity contribution in [1.82, 2.24) is 0 Å². The van der Waals surface area contributed by atoms with Crippen molar-refractivity contribution >= 4 is 11.6 Å². The molecule has 0 aromatic heterocycles. The molecule has 1 aromatic carbocycles. The van der Waals surface area contributed by atoms with Crippen molar-refractivity contribution < 1.29 is 0 Å². The highest BCUT2D eigenvalue weighted by Crippen LogP contribution is 2.39. The van der Waals surface area contributed by atoms with E-state index in [1.807, 2.05) is 0 Å². The van der Waals surface area contributed by atoms with Gasteiger partial charge >= 0.3 is 0 Å². The highest BCUT2D eigenvalue weighted by atomic mass is 35.5. The molecule has 58 valence electrons. The topological polar surface area (TPSA) is 0 Å². The molecule has 0 bridgehead atoms. The van der Waals surface area contributed by atoms with E-state index in [0.717, 1.165) is 6.42 Å². The smallest absolute Gasteiger partial charge is 0.0616 e. The number of rotatable bonds is 0. The van der Waals surface area contributed by atoms with Gasteiger partial charge in [-0.3, -0.25) is 0 Å². The number of hydrogen-bond donors (Lipinski definition) is 0.